The summed E-state index contributed by atoms with van der Waals surface area (Å²) in [5, 5.41) is 9.46. The maximum Gasteiger partial charge on any atom is 0.322 e. The van der Waals surface area contributed by atoms with Crippen molar-refractivity contribution in [3.05, 3.63) is 0 Å². The van der Waals surface area contributed by atoms with E-state index in [0.29, 0.717) is 19.4 Å². The lowest BCUT2D eigenvalue weighted by Gasteiger charge is -2.44. The second-order valence-electron chi connectivity index (χ2n) is 7.53. The van der Waals surface area contributed by atoms with E-state index in [1.54, 1.807) is 0 Å². The van der Waals surface area contributed by atoms with Crippen molar-refractivity contribution >= 4 is 16.2 Å². The number of carbonyl (C=O) groups is 1. The Morgan fingerprint density at radius 3 is 2.41 bits per heavy atom. The number of nitrogens with zero attached hydrogens (tertiary/aromatic N) is 2. The van der Waals surface area contributed by atoms with Crippen LogP contribution in [0.4, 0.5) is 0 Å². The molecule has 0 amide bonds. The Bertz CT molecular complexity index is 543. The second-order valence-corrected chi connectivity index (χ2v) is 9.41. The molecule has 0 aliphatic carbocycles. The van der Waals surface area contributed by atoms with E-state index >= 15 is 0 Å². The van der Waals surface area contributed by atoms with Gasteiger partial charge in [-0.15, -0.1) is 0 Å². The van der Waals surface area contributed by atoms with Gasteiger partial charge in [-0.05, 0) is 32.1 Å². The molecule has 1 N–H and O–H groups in total. The van der Waals surface area contributed by atoms with Crippen LogP contribution in [-0.4, -0.2) is 66.0 Å². The number of carboxylic acid groups (broad SMARTS) is 1. The number of rotatable bonds is 3. The number of hydrogen-bond acceptors (Lipinski definition) is 4. The summed E-state index contributed by atoms with van der Waals surface area (Å²) >= 11 is 0. The van der Waals surface area contributed by atoms with Crippen LogP contribution in [0.3, 0.4) is 0 Å². The van der Waals surface area contributed by atoms with E-state index in [1.807, 2.05) is 27.7 Å². The highest BCUT2D eigenvalue weighted by Gasteiger charge is 2.46. The van der Waals surface area contributed by atoms with Crippen LogP contribution in [0.2, 0.25) is 0 Å². The van der Waals surface area contributed by atoms with Crippen molar-refractivity contribution in [3.8, 4) is 0 Å². The predicted molar refractivity (Wildman–Crippen MR) is 81.7 cm³/mol. The van der Waals surface area contributed by atoms with Gasteiger partial charge in [0.2, 0.25) is 0 Å². The summed E-state index contributed by atoms with van der Waals surface area (Å²) in [5.41, 5.74) is -0.724. The molecule has 0 radical (unpaired) electrons. The van der Waals surface area contributed by atoms with Gasteiger partial charge in [0.15, 0.2) is 0 Å². The molecule has 2 saturated heterocycles. The second kappa shape index (κ2) is 5.74. The van der Waals surface area contributed by atoms with Crippen molar-refractivity contribution in [2.75, 3.05) is 26.2 Å². The van der Waals surface area contributed by atoms with Crippen LogP contribution in [-0.2, 0) is 19.7 Å². The third-order valence-corrected chi connectivity index (χ3v) is 6.39. The van der Waals surface area contributed by atoms with Gasteiger partial charge in [0, 0.05) is 19.6 Å². The number of piperidine rings is 1. The average Bonchev–Trinajstić information content (AvgIpc) is 2.36. The third-order valence-electron chi connectivity index (χ3n) is 4.40. The summed E-state index contributed by atoms with van der Waals surface area (Å²) in [4.78, 5) is 11.6. The van der Waals surface area contributed by atoms with E-state index in [0.717, 1.165) is 4.31 Å². The largest absolute Gasteiger partial charge is 0.480 e. The fraction of sp³-hybridized carbons (Fsp3) is 0.929. The molecule has 22 heavy (non-hydrogen) atoms. The van der Waals surface area contributed by atoms with Crippen molar-refractivity contribution < 1.29 is 23.1 Å². The van der Waals surface area contributed by atoms with Crippen molar-refractivity contribution in [2.45, 2.75) is 52.2 Å². The Balaban J connectivity index is 2.25. The zero-order valence-electron chi connectivity index (χ0n) is 13.7. The molecule has 0 saturated carbocycles. The lowest BCUT2D eigenvalue weighted by molar-refractivity contribution is -0.144. The number of hydrogen-bond donors (Lipinski definition) is 1. The van der Waals surface area contributed by atoms with E-state index in [1.165, 1.54) is 4.31 Å². The van der Waals surface area contributed by atoms with Gasteiger partial charge in [-0.3, -0.25) is 4.79 Å². The normalized spacial score (nSPS) is 30.1. The Labute approximate surface area is 132 Å². The monoisotopic (exact) mass is 334 g/mol. The molecule has 128 valence electrons. The van der Waals surface area contributed by atoms with Crippen molar-refractivity contribution in [2.24, 2.45) is 5.41 Å². The van der Waals surface area contributed by atoms with E-state index in [-0.39, 0.29) is 25.0 Å². The molecule has 1 atom stereocenters. The molecular weight excluding hydrogens is 308 g/mol. The maximum absolute atomic E-state index is 12.9. The summed E-state index contributed by atoms with van der Waals surface area (Å²) in [5.74, 6) is -1.08. The minimum atomic E-state index is -3.79. The fourth-order valence-electron chi connectivity index (χ4n) is 3.10. The molecule has 0 bridgehead atoms. The van der Waals surface area contributed by atoms with Gasteiger partial charge in [-0.25, -0.2) is 0 Å². The van der Waals surface area contributed by atoms with Crippen LogP contribution in [0.5, 0.6) is 0 Å². The lowest BCUT2D eigenvalue weighted by atomic mass is 9.80. The number of morpholine rings is 1. The molecule has 7 nitrogen and oxygen atoms in total. The van der Waals surface area contributed by atoms with E-state index in [9.17, 15) is 18.3 Å². The molecule has 0 aromatic heterocycles. The van der Waals surface area contributed by atoms with E-state index in [2.05, 4.69) is 0 Å². The van der Waals surface area contributed by atoms with Crippen molar-refractivity contribution in [1.29, 1.82) is 0 Å². The van der Waals surface area contributed by atoms with E-state index < -0.39 is 27.8 Å². The molecule has 2 heterocycles. The van der Waals surface area contributed by atoms with Gasteiger partial charge >= 0.3 is 5.97 Å². The van der Waals surface area contributed by atoms with E-state index in [4.69, 9.17) is 4.74 Å². The summed E-state index contributed by atoms with van der Waals surface area (Å²) in [6, 6.07) is -1.00. The van der Waals surface area contributed by atoms with Crippen LogP contribution >= 0.6 is 0 Å². The zero-order chi connectivity index (χ0) is 16.8. The van der Waals surface area contributed by atoms with Gasteiger partial charge in [-0.2, -0.15) is 17.0 Å². The Morgan fingerprint density at radius 2 is 1.86 bits per heavy atom. The van der Waals surface area contributed by atoms with Gasteiger partial charge in [0.1, 0.15) is 6.04 Å². The molecular formula is C14H26N2O5S. The molecule has 8 heteroatoms. The molecule has 0 aromatic rings. The van der Waals surface area contributed by atoms with Crippen LogP contribution in [0.15, 0.2) is 0 Å². The van der Waals surface area contributed by atoms with Crippen molar-refractivity contribution in [1.82, 2.24) is 8.61 Å². The molecule has 2 fully saturated rings. The molecule has 0 aromatic carbocycles. The standard InChI is InChI=1S/C14H26N2O5S/c1-13(2)5-6-16(11(9-13)12(17)18)22(19,20)15-7-8-21-14(3,4)10-15/h11H,5-10H2,1-4H3,(H,17,18). The highest BCUT2D eigenvalue weighted by Crippen LogP contribution is 2.36. The Kier molecular flexibility index (Phi) is 4.60. The van der Waals surface area contributed by atoms with Gasteiger partial charge in [0.05, 0.1) is 12.2 Å². The van der Waals surface area contributed by atoms with Gasteiger partial charge < -0.3 is 9.84 Å². The summed E-state index contributed by atoms with van der Waals surface area (Å²) in [7, 11) is -3.79. The first kappa shape index (κ1) is 17.7. The smallest absolute Gasteiger partial charge is 0.322 e. The first-order valence-electron chi connectivity index (χ1n) is 7.58. The predicted octanol–water partition coefficient (Wildman–Crippen LogP) is 0.917. The molecule has 2 aliphatic heterocycles. The summed E-state index contributed by atoms with van der Waals surface area (Å²) in [6.45, 7) is 8.69. The Morgan fingerprint density at radius 1 is 1.23 bits per heavy atom. The van der Waals surface area contributed by atoms with Crippen LogP contribution in [0, 0.1) is 5.41 Å². The molecule has 2 aliphatic rings. The number of ether oxygens (including phenoxy) is 1. The highest BCUT2D eigenvalue weighted by molar-refractivity contribution is 7.86. The molecule has 1 unspecified atom stereocenters. The molecule has 0 spiro atoms. The molecule has 2 rings (SSSR count). The Hall–Kier alpha value is -0.700. The minimum absolute atomic E-state index is 0.167. The SMILES string of the molecule is CC1(C)CCN(S(=O)(=O)N2CCOC(C)(C)C2)C(C(=O)O)C1. The third kappa shape index (κ3) is 3.61. The van der Waals surface area contributed by atoms with Crippen molar-refractivity contribution in [3.63, 3.8) is 0 Å². The van der Waals surface area contributed by atoms with Crippen LogP contribution in [0.1, 0.15) is 40.5 Å². The highest BCUT2D eigenvalue weighted by atomic mass is 32.2. The zero-order valence-corrected chi connectivity index (χ0v) is 14.5. The summed E-state index contributed by atoms with van der Waals surface area (Å²) in [6.07, 6.45) is 0.985. The minimum Gasteiger partial charge on any atom is -0.480 e. The van der Waals surface area contributed by atoms with Gasteiger partial charge in [0.25, 0.3) is 10.2 Å². The number of aliphatic carboxylic acids is 1. The fourth-order valence-corrected chi connectivity index (χ4v) is 4.99. The van der Waals surface area contributed by atoms with Crippen LogP contribution < -0.4 is 0 Å². The quantitative estimate of drug-likeness (QED) is 0.829. The van der Waals surface area contributed by atoms with Crippen LogP contribution in [0.25, 0.3) is 0 Å². The maximum atomic E-state index is 12.9. The first-order valence-corrected chi connectivity index (χ1v) is 8.98. The average molecular weight is 334 g/mol. The van der Waals surface area contributed by atoms with Gasteiger partial charge in [-0.1, -0.05) is 13.8 Å². The number of carboxylic acids is 1. The first-order chi connectivity index (χ1) is 9.95. The topological polar surface area (TPSA) is 87.2 Å². The lowest BCUT2D eigenvalue weighted by Crippen LogP contribution is -2.60. The summed E-state index contributed by atoms with van der Waals surface area (Å²) < 4.78 is 33.8.